The molecule has 0 bridgehead atoms. The fourth-order valence-corrected chi connectivity index (χ4v) is 3.11. The number of aromatic nitrogens is 1. The average Bonchev–Trinajstić information content (AvgIpc) is 2.73. The highest BCUT2D eigenvalue weighted by Gasteiger charge is 2.32. The van der Waals surface area contributed by atoms with E-state index in [1.807, 2.05) is 36.4 Å². The number of benzene rings is 2. The summed E-state index contributed by atoms with van der Waals surface area (Å²) in [7, 11) is 1.80. The third-order valence-electron chi connectivity index (χ3n) is 4.75. The summed E-state index contributed by atoms with van der Waals surface area (Å²) in [5.74, 6) is 0.439. The number of nitrogens with zero attached hydrogens (tertiary/aromatic N) is 1. The Balaban J connectivity index is 1.64. The molecule has 0 aliphatic rings. The zero-order valence-corrected chi connectivity index (χ0v) is 16.7. The van der Waals surface area contributed by atoms with E-state index in [9.17, 15) is 18.0 Å². The van der Waals surface area contributed by atoms with Crippen LogP contribution in [0.4, 0.5) is 24.7 Å². The Morgan fingerprint density at radius 2 is 1.83 bits per heavy atom. The predicted octanol–water partition coefficient (Wildman–Crippen LogP) is 5.69. The van der Waals surface area contributed by atoms with E-state index in [2.05, 4.69) is 15.6 Å². The van der Waals surface area contributed by atoms with Crippen LogP contribution in [0, 0.1) is 6.92 Å². The number of amides is 1. The first-order valence-corrected chi connectivity index (χ1v) is 9.47. The van der Waals surface area contributed by atoms with Crippen LogP contribution < -0.4 is 10.6 Å². The van der Waals surface area contributed by atoms with Crippen molar-refractivity contribution in [1.82, 2.24) is 4.98 Å². The summed E-state index contributed by atoms with van der Waals surface area (Å²) in [5, 5.41) is 5.52. The Morgan fingerprint density at radius 1 is 1.03 bits per heavy atom. The van der Waals surface area contributed by atoms with Crippen molar-refractivity contribution >= 4 is 17.4 Å². The molecule has 1 aromatic heterocycles. The summed E-state index contributed by atoms with van der Waals surface area (Å²) in [6.07, 6.45) is -2.05. The lowest BCUT2D eigenvalue weighted by atomic mass is 10.0. The van der Waals surface area contributed by atoms with Crippen LogP contribution in [-0.2, 0) is 17.4 Å². The summed E-state index contributed by atoms with van der Waals surface area (Å²) in [4.78, 5) is 16.5. The number of carbonyl (C=O) groups excluding carboxylic acids is 1. The fraction of sp³-hybridized carbons (Fsp3) is 0.217. The van der Waals surface area contributed by atoms with Crippen molar-refractivity contribution in [3.05, 3.63) is 77.5 Å². The van der Waals surface area contributed by atoms with Gasteiger partial charge in [-0.3, -0.25) is 4.79 Å². The number of carbonyl (C=O) groups is 1. The SMILES string of the molecule is CNc1ccc(-c2cccc(CCC(=O)Nc3ccc(C)c(C(F)(F)F)c3)c2)cn1. The third-order valence-corrected chi connectivity index (χ3v) is 4.75. The van der Waals surface area contributed by atoms with Gasteiger partial charge in [-0.1, -0.05) is 30.3 Å². The van der Waals surface area contributed by atoms with Gasteiger partial charge in [-0.25, -0.2) is 4.98 Å². The Labute approximate surface area is 173 Å². The van der Waals surface area contributed by atoms with Crippen molar-refractivity contribution in [3.63, 3.8) is 0 Å². The molecule has 7 heteroatoms. The average molecular weight is 413 g/mol. The van der Waals surface area contributed by atoms with Gasteiger partial charge in [0.25, 0.3) is 0 Å². The zero-order valence-electron chi connectivity index (χ0n) is 16.7. The van der Waals surface area contributed by atoms with Crippen molar-refractivity contribution in [1.29, 1.82) is 0 Å². The zero-order chi connectivity index (χ0) is 21.7. The fourth-order valence-electron chi connectivity index (χ4n) is 3.11. The molecule has 2 aromatic carbocycles. The molecule has 2 N–H and O–H groups in total. The van der Waals surface area contributed by atoms with Crippen LogP contribution >= 0.6 is 0 Å². The number of aryl methyl sites for hydroxylation is 2. The van der Waals surface area contributed by atoms with Gasteiger partial charge < -0.3 is 10.6 Å². The minimum atomic E-state index is -4.45. The van der Waals surface area contributed by atoms with Gasteiger partial charge in [0.05, 0.1) is 5.56 Å². The number of pyridine rings is 1. The maximum atomic E-state index is 13.0. The number of halogens is 3. The first kappa shape index (κ1) is 21.4. The molecule has 1 heterocycles. The third kappa shape index (κ3) is 5.37. The Bertz CT molecular complexity index is 1030. The van der Waals surface area contributed by atoms with Gasteiger partial charge in [-0.15, -0.1) is 0 Å². The number of alkyl halides is 3. The van der Waals surface area contributed by atoms with Gasteiger partial charge in [0.1, 0.15) is 5.82 Å². The molecule has 0 saturated heterocycles. The number of nitrogens with one attached hydrogen (secondary N) is 2. The van der Waals surface area contributed by atoms with Gasteiger partial charge in [0, 0.05) is 30.9 Å². The molecule has 3 rings (SSSR count). The highest BCUT2D eigenvalue weighted by atomic mass is 19.4. The van der Waals surface area contributed by atoms with E-state index in [1.165, 1.54) is 19.1 Å². The number of hydrogen-bond acceptors (Lipinski definition) is 3. The summed E-state index contributed by atoms with van der Waals surface area (Å²) in [5.41, 5.74) is 2.42. The van der Waals surface area contributed by atoms with Gasteiger partial charge in [0.15, 0.2) is 0 Å². The first-order valence-electron chi connectivity index (χ1n) is 9.47. The van der Waals surface area contributed by atoms with Crippen molar-refractivity contribution in [2.24, 2.45) is 0 Å². The van der Waals surface area contributed by atoms with E-state index >= 15 is 0 Å². The van der Waals surface area contributed by atoms with Crippen molar-refractivity contribution < 1.29 is 18.0 Å². The highest BCUT2D eigenvalue weighted by Crippen LogP contribution is 2.33. The maximum Gasteiger partial charge on any atom is 0.416 e. The lowest BCUT2D eigenvalue weighted by molar-refractivity contribution is -0.138. The smallest absolute Gasteiger partial charge is 0.373 e. The molecule has 0 spiro atoms. The van der Waals surface area contributed by atoms with Gasteiger partial charge >= 0.3 is 6.18 Å². The van der Waals surface area contributed by atoms with E-state index in [0.29, 0.717) is 6.42 Å². The van der Waals surface area contributed by atoms with E-state index in [-0.39, 0.29) is 23.6 Å². The second-order valence-corrected chi connectivity index (χ2v) is 6.96. The van der Waals surface area contributed by atoms with Crippen LogP contribution in [0.5, 0.6) is 0 Å². The van der Waals surface area contributed by atoms with Gasteiger partial charge in [-0.05, 0) is 54.3 Å². The topological polar surface area (TPSA) is 54.0 Å². The molecule has 3 aromatic rings. The van der Waals surface area contributed by atoms with Crippen LogP contribution in [0.2, 0.25) is 0 Å². The van der Waals surface area contributed by atoms with Crippen LogP contribution in [0.1, 0.15) is 23.1 Å². The molecular weight excluding hydrogens is 391 g/mol. The molecule has 0 atom stereocenters. The Kier molecular flexibility index (Phi) is 6.40. The van der Waals surface area contributed by atoms with Gasteiger partial charge in [-0.2, -0.15) is 13.2 Å². The largest absolute Gasteiger partial charge is 0.416 e. The molecule has 1 amide bonds. The lowest BCUT2D eigenvalue weighted by Gasteiger charge is -2.13. The minimum Gasteiger partial charge on any atom is -0.373 e. The van der Waals surface area contributed by atoms with Gasteiger partial charge in [0.2, 0.25) is 5.91 Å². The quantitative estimate of drug-likeness (QED) is 0.546. The van der Waals surface area contributed by atoms with Crippen LogP contribution in [0.15, 0.2) is 60.8 Å². The first-order chi connectivity index (χ1) is 14.3. The number of rotatable bonds is 6. The molecule has 0 aliphatic carbocycles. The van der Waals surface area contributed by atoms with E-state index in [1.54, 1.807) is 13.2 Å². The van der Waals surface area contributed by atoms with Crippen LogP contribution in [0.25, 0.3) is 11.1 Å². The molecular formula is C23H22F3N3O. The molecule has 30 heavy (non-hydrogen) atoms. The van der Waals surface area contributed by atoms with Crippen molar-refractivity contribution in [2.75, 3.05) is 17.7 Å². The summed E-state index contributed by atoms with van der Waals surface area (Å²) in [6, 6.07) is 15.4. The standard InChI is InChI=1S/C23H22F3N3O/c1-15-6-9-19(13-20(15)23(24,25)26)29-22(30)11-7-16-4-3-5-17(12-16)18-8-10-21(27-2)28-14-18/h3-6,8-10,12-14H,7,11H2,1-2H3,(H,27,28)(H,29,30). The summed E-state index contributed by atoms with van der Waals surface area (Å²) >= 11 is 0. The molecule has 0 fully saturated rings. The van der Waals surface area contributed by atoms with Crippen LogP contribution in [0.3, 0.4) is 0 Å². The summed E-state index contributed by atoms with van der Waals surface area (Å²) < 4.78 is 39.1. The molecule has 156 valence electrons. The normalized spacial score (nSPS) is 11.2. The Morgan fingerprint density at radius 3 is 2.50 bits per heavy atom. The van der Waals surface area contributed by atoms with E-state index < -0.39 is 11.7 Å². The van der Waals surface area contributed by atoms with Crippen molar-refractivity contribution in [2.45, 2.75) is 25.9 Å². The molecule has 0 radical (unpaired) electrons. The van der Waals surface area contributed by atoms with E-state index in [0.717, 1.165) is 28.6 Å². The van der Waals surface area contributed by atoms with Crippen LogP contribution in [-0.4, -0.2) is 17.9 Å². The second-order valence-electron chi connectivity index (χ2n) is 6.96. The molecule has 0 unspecified atom stereocenters. The molecule has 4 nitrogen and oxygen atoms in total. The number of hydrogen-bond donors (Lipinski definition) is 2. The summed E-state index contributed by atoms with van der Waals surface area (Å²) in [6.45, 7) is 1.39. The van der Waals surface area contributed by atoms with E-state index in [4.69, 9.17) is 0 Å². The monoisotopic (exact) mass is 413 g/mol. The Hall–Kier alpha value is -3.35. The molecule has 0 saturated carbocycles. The highest BCUT2D eigenvalue weighted by molar-refractivity contribution is 5.91. The maximum absolute atomic E-state index is 13.0. The minimum absolute atomic E-state index is 0.120. The lowest BCUT2D eigenvalue weighted by Crippen LogP contribution is -2.14. The number of anilines is 2. The molecule has 0 aliphatic heterocycles. The van der Waals surface area contributed by atoms with Crippen molar-refractivity contribution in [3.8, 4) is 11.1 Å². The second kappa shape index (κ2) is 8.98. The predicted molar refractivity (Wildman–Crippen MR) is 112 cm³/mol.